The molecular formula is C18H36O. The molecule has 114 valence electrons. The van der Waals surface area contributed by atoms with Crippen LogP contribution in [0.5, 0.6) is 0 Å². The van der Waals surface area contributed by atoms with Gasteiger partial charge >= 0.3 is 0 Å². The first kappa shape index (κ1) is 18.5. The van der Waals surface area contributed by atoms with E-state index in [1.807, 2.05) is 0 Å². The van der Waals surface area contributed by atoms with Crippen molar-refractivity contribution in [1.29, 1.82) is 0 Å². The van der Waals surface area contributed by atoms with Crippen molar-refractivity contribution in [2.45, 2.75) is 96.8 Å². The Kier molecular flexibility index (Phi) is 17.1. The molecule has 0 aromatic heterocycles. The molecule has 0 fully saturated rings. The molecule has 0 unspecified atom stereocenters. The Bertz CT molecular complexity index is 175. The van der Waals surface area contributed by atoms with E-state index in [2.05, 4.69) is 13.0 Å². The first-order valence-corrected chi connectivity index (χ1v) is 8.59. The van der Waals surface area contributed by atoms with Crippen LogP contribution in [0.4, 0.5) is 0 Å². The van der Waals surface area contributed by atoms with Gasteiger partial charge in [-0.15, -0.1) is 0 Å². The maximum Gasteiger partial charge on any atom is 0.0784 e. The minimum atomic E-state index is 1.17. The van der Waals surface area contributed by atoms with Crippen molar-refractivity contribution in [2.75, 3.05) is 7.11 Å². The first-order valence-electron chi connectivity index (χ1n) is 8.59. The Morgan fingerprint density at radius 1 is 0.632 bits per heavy atom. The molecular weight excluding hydrogens is 232 g/mol. The second-order valence-corrected chi connectivity index (χ2v) is 5.64. The number of ether oxygens (including phenoxy) is 1. The molecule has 1 heteroatoms. The van der Waals surface area contributed by atoms with E-state index in [9.17, 15) is 0 Å². The molecule has 0 heterocycles. The Hall–Kier alpha value is -0.460. The summed E-state index contributed by atoms with van der Waals surface area (Å²) >= 11 is 0. The number of unbranched alkanes of at least 4 members (excludes halogenated alkanes) is 13. The topological polar surface area (TPSA) is 9.23 Å². The third kappa shape index (κ3) is 17.5. The zero-order valence-corrected chi connectivity index (χ0v) is 13.5. The number of methoxy groups -OCH3 is 1. The van der Waals surface area contributed by atoms with E-state index in [4.69, 9.17) is 4.74 Å². The lowest BCUT2D eigenvalue weighted by Gasteiger charge is -2.02. The van der Waals surface area contributed by atoms with Crippen LogP contribution in [0.25, 0.3) is 0 Å². The van der Waals surface area contributed by atoms with E-state index in [1.54, 1.807) is 13.4 Å². The zero-order valence-electron chi connectivity index (χ0n) is 13.5. The monoisotopic (exact) mass is 268 g/mol. The second kappa shape index (κ2) is 17.5. The normalized spacial score (nSPS) is 11.3. The van der Waals surface area contributed by atoms with Crippen molar-refractivity contribution in [2.24, 2.45) is 0 Å². The lowest BCUT2D eigenvalue weighted by molar-refractivity contribution is 0.336. The van der Waals surface area contributed by atoms with Gasteiger partial charge in [-0.25, -0.2) is 0 Å². The maximum atomic E-state index is 4.87. The molecule has 0 N–H and O–H groups in total. The largest absolute Gasteiger partial charge is 0.505 e. The SMILES string of the molecule is CCCCCCCCCCCCCCC/C=C/OC. The minimum Gasteiger partial charge on any atom is -0.505 e. The van der Waals surface area contributed by atoms with Crippen LogP contribution < -0.4 is 0 Å². The van der Waals surface area contributed by atoms with Crippen LogP contribution in [0.15, 0.2) is 12.3 Å². The molecule has 0 saturated carbocycles. The van der Waals surface area contributed by atoms with Crippen LogP contribution in [0.1, 0.15) is 96.8 Å². The van der Waals surface area contributed by atoms with E-state index in [0.29, 0.717) is 0 Å². The summed E-state index contributed by atoms with van der Waals surface area (Å²) in [5.41, 5.74) is 0. The highest BCUT2D eigenvalue weighted by molar-refractivity contribution is 4.72. The van der Waals surface area contributed by atoms with Gasteiger partial charge in [-0.1, -0.05) is 84.0 Å². The number of rotatable bonds is 15. The molecule has 0 aliphatic carbocycles. The summed E-state index contributed by atoms with van der Waals surface area (Å²) in [5, 5.41) is 0. The lowest BCUT2D eigenvalue weighted by Crippen LogP contribution is -1.82. The molecule has 19 heavy (non-hydrogen) atoms. The summed E-state index contributed by atoms with van der Waals surface area (Å²) < 4.78 is 4.87. The van der Waals surface area contributed by atoms with Crippen LogP contribution in [0.3, 0.4) is 0 Å². The minimum absolute atomic E-state index is 1.17. The Morgan fingerprint density at radius 3 is 1.47 bits per heavy atom. The van der Waals surface area contributed by atoms with Gasteiger partial charge in [0.15, 0.2) is 0 Å². The van der Waals surface area contributed by atoms with Gasteiger partial charge in [0.2, 0.25) is 0 Å². The fraction of sp³-hybridized carbons (Fsp3) is 0.889. The zero-order chi connectivity index (χ0) is 14.0. The fourth-order valence-corrected chi connectivity index (χ4v) is 2.44. The molecule has 1 nitrogen and oxygen atoms in total. The van der Waals surface area contributed by atoms with Crippen LogP contribution in [-0.2, 0) is 4.74 Å². The number of hydrogen-bond donors (Lipinski definition) is 0. The van der Waals surface area contributed by atoms with Gasteiger partial charge in [-0.3, -0.25) is 0 Å². The average Bonchev–Trinajstić information content (AvgIpc) is 2.43. The van der Waals surface area contributed by atoms with Gasteiger partial charge < -0.3 is 4.74 Å². The number of allylic oxidation sites excluding steroid dienone is 1. The summed E-state index contributed by atoms with van der Waals surface area (Å²) in [6.45, 7) is 2.29. The molecule has 0 saturated heterocycles. The van der Waals surface area contributed by atoms with E-state index >= 15 is 0 Å². The molecule has 0 rings (SSSR count). The van der Waals surface area contributed by atoms with Gasteiger partial charge in [0, 0.05) is 0 Å². The summed E-state index contributed by atoms with van der Waals surface area (Å²) in [7, 11) is 1.71. The molecule has 0 amide bonds. The van der Waals surface area contributed by atoms with E-state index in [-0.39, 0.29) is 0 Å². The van der Waals surface area contributed by atoms with Gasteiger partial charge in [0.1, 0.15) is 0 Å². The van der Waals surface area contributed by atoms with E-state index in [1.165, 1.54) is 89.9 Å². The van der Waals surface area contributed by atoms with Crippen molar-refractivity contribution >= 4 is 0 Å². The Morgan fingerprint density at radius 2 is 1.05 bits per heavy atom. The Balaban J connectivity index is 2.93. The summed E-state index contributed by atoms with van der Waals surface area (Å²) in [5.74, 6) is 0. The predicted molar refractivity (Wildman–Crippen MR) is 86.5 cm³/mol. The third-order valence-corrected chi connectivity index (χ3v) is 3.71. The highest BCUT2D eigenvalue weighted by Gasteiger charge is 1.93. The van der Waals surface area contributed by atoms with Crippen LogP contribution in [0.2, 0.25) is 0 Å². The fourth-order valence-electron chi connectivity index (χ4n) is 2.44. The quantitative estimate of drug-likeness (QED) is 0.239. The standard InChI is InChI=1S/C18H36O/c1-3-4-5-6-7-8-9-10-11-12-13-14-15-16-17-18-19-2/h17-18H,3-16H2,1-2H3/b18-17+. The van der Waals surface area contributed by atoms with Crippen molar-refractivity contribution in [3.63, 3.8) is 0 Å². The Labute approximate surface area is 121 Å². The molecule has 0 aliphatic rings. The maximum absolute atomic E-state index is 4.87. The number of hydrogen-bond acceptors (Lipinski definition) is 1. The second-order valence-electron chi connectivity index (χ2n) is 5.64. The van der Waals surface area contributed by atoms with Gasteiger partial charge in [0.25, 0.3) is 0 Å². The highest BCUT2D eigenvalue weighted by atomic mass is 16.5. The van der Waals surface area contributed by atoms with Crippen molar-refractivity contribution < 1.29 is 4.74 Å². The lowest BCUT2D eigenvalue weighted by atomic mass is 10.0. The van der Waals surface area contributed by atoms with Crippen molar-refractivity contribution in [3.05, 3.63) is 12.3 Å². The van der Waals surface area contributed by atoms with Crippen LogP contribution in [-0.4, -0.2) is 7.11 Å². The summed E-state index contributed by atoms with van der Waals surface area (Å²) in [6, 6.07) is 0. The molecule has 0 spiro atoms. The average molecular weight is 268 g/mol. The highest BCUT2D eigenvalue weighted by Crippen LogP contribution is 2.12. The molecule has 0 radical (unpaired) electrons. The van der Waals surface area contributed by atoms with Crippen LogP contribution >= 0.6 is 0 Å². The van der Waals surface area contributed by atoms with Crippen molar-refractivity contribution in [3.8, 4) is 0 Å². The van der Waals surface area contributed by atoms with Crippen LogP contribution in [0, 0.1) is 0 Å². The molecule has 0 atom stereocenters. The molecule has 0 aromatic carbocycles. The van der Waals surface area contributed by atoms with Gasteiger partial charge in [-0.05, 0) is 18.9 Å². The smallest absolute Gasteiger partial charge is 0.0784 e. The molecule has 0 bridgehead atoms. The third-order valence-electron chi connectivity index (χ3n) is 3.71. The summed E-state index contributed by atoms with van der Waals surface area (Å²) in [4.78, 5) is 0. The van der Waals surface area contributed by atoms with E-state index < -0.39 is 0 Å². The first-order chi connectivity index (χ1) is 9.41. The van der Waals surface area contributed by atoms with E-state index in [0.717, 1.165) is 0 Å². The summed E-state index contributed by atoms with van der Waals surface area (Å²) in [6.07, 6.45) is 23.6. The van der Waals surface area contributed by atoms with Gasteiger partial charge in [-0.2, -0.15) is 0 Å². The molecule has 0 aliphatic heterocycles. The van der Waals surface area contributed by atoms with Crippen molar-refractivity contribution in [1.82, 2.24) is 0 Å². The van der Waals surface area contributed by atoms with Gasteiger partial charge in [0.05, 0.1) is 13.4 Å². The molecule has 0 aromatic rings. The predicted octanol–water partition coefficient (Wildman–Crippen LogP) is 6.63.